The number of carbonyl (C=O) groups excluding carboxylic acids is 1. The number of carbonyl (C=O) groups is 1. The van der Waals surface area contributed by atoms with Crippen molar-refractivity contribution < 1.29 is 9.18 Å². The van der Waals surface area contributed by atoms with Gasteiger partial charge in [-0.2, -0.15) is 0 Å². The summed E-state index contributed by atoms with van der Waals surface area (Å²) in [7, 11) is 5.72. The number of aromatic nitrogens is 2. The standard InChI is InChI=1S/C18H14BFN2O2/c19-14-8-12(20)9-16(13(14)10-23)22-6-5-21-15-4-2-1-3-11(15)7-17(21)18(22)24/h5-10H,1-4H2. The van der Waals surface area contributed by atoms with Gasteiger partial charge in [-0.05, 0) is 49.4 Å². The summed E-state index contributed by atoms with van der Waals surface area (Å²) in [5.74, 6) is -0.588. The Hall–Kier alpha value is -2.63. The highest BCUT2D eigenvalue weighted by Crippen LogP contribution is 2.24. The molecule has 118 valence electrons. The van der Waals surface area contributed by atoms with Crippen LogP contribution < -0.4 is 11.0 Å². The summed E-state index contributed by atoms with van der Waals surface area (Å²) in [6.07, 6.45) is 8.03. The van der Waals surface area contributed by atoms with E-state index in [1.54, 1.807) is 12.4 Å². The van der Waals surface area contributed by atoms with E-state index in [-0.39, 0.29) is 22.3 Å². The van der Waals surface area contributed by atoms with Crippen LogP contribution in [-0.2, 0) is 12.8 Å². The number of hydrogen-bond acceptors (Lipinski definition) is 2. The largest absolute Gasteiger partial charge is 0.314 e. The van der Waals surface area contributed by atoms with Crippen molar-refractivity contribution in [2.45, 2.75) is 25.7 Å². The van der Waals surface area contributed by atoms with Gasteiger partial charge in [0.2, 0.25) is 0 Å². The minimum atomic E-state index is -0.588. The molecule has 0 fully saturated rings. The predicted molar refractivity (Wildman–Crippen MR) is 90.4 cm³/mol. The molecule has 4 rings (SSSR count). The monoisotopic (exact) mass is 320 g/mol. The van der Waals surface area contributed by atoms with Gasteiger partial charge < -0.3 is 4.40 Å². The zero-order chi connectivity index (χ0) is 16.8. The van der Waals surface area contributed by atoms with Crippen molar-refractivity contribution in [2.24, 2.45) is 0 Å². The van der Waals surface area contributed by atoms with Gasteiger partial charge in [-0.25, -0.2) is 4.39 Å². The molecule has 1 aliphatic carbocycles. The first-order valence-corrected chi connectivity index (χ1v) is 7.89. The fraction of sp³-hybridized carbons (Fsp3) is 0.222. The molecule has 6 heteroatoms. The fourth-order valence-electron chi connectivity index (χ4n) is 3.52. The second kappa shape index (κ2) is 5.48. The van der Waals surface area contributed by atoms with Gasteiger partial charge in [-0.3, -0.25) is 14.2 Å². The van der Waals surface area contributed by atoms with E-state index in [4.69, 9.17) is 7.85 Å². The lowest BCUT2D eigenvalue weighted by molar-refractivity contribution is 0.112. The zero-order valence-electron chi connectivity index (χ0n) is 13.0. The molecule has 0 N–H and O–H groups in total. The summed E-state index contributed by atoms with van der Waals surface area (Å²) in [5, 5.41) is 0. The highest BCUT2D eigenvalue weighted by Gasteiger charge is 2.18. The molecule has 2 heterocycles. The molecule has 0 saturated heterocycles. The van der Waals surface area contributed by atoms with Gasteiger partial charge in [-0.15, -0.1) is 0 Å². The highest BCUT2D eigenvalue weighted by molar-refractivity contribution is 6.35. The second-order valence-corrected chi connectivity index (χ2v) is 6.10. The van der Waals surface area contributed by atoms with Crippen molar-refractivity contribution in [1.29, 1.82) is 0 Å². The lowest BCUT2D eigenvalue weighted by atomic mass is 9.90. The first kappa shape index (κ1) is 14.9. The Balaban J connectivity index is 2.01. The van der Waals surface area contributed by atoms with Crippen molar-refractivity contribution in [3.05, 3.63) is 63.6 Å². The molecule has 1 aromatic carbocycles. The van der Waals surface area contributed by atoms with Crippen LogP contribution in [0.5, 0.6) is 0 Å². The molecule has 0 saturated carbocycles. The van der Waals surface area contributed by atoms with Crippen molar-refractivity contribution in [3.8, 4) is 5.69 Å². The van der Waals surface area contributed by atoms with Crippen LogP contribution >= 0.6 is 0 Å². The Morgan fingerprint density at radius 2 is 1.92 bits per heavy atom. The topological polar surface area (TPSA) is 43.5 Å². The van der Waals surface area contributed by atoms with Crippen molar-refractivity contribution in [2.75, 3.05) is 0 Å². The lowest BCUT2D eigenvalue weighted by Crippen LogP contribution is -2.24. The van der Waals surface area contributed by atoms with Crippen molar-refractivity contribution in [3.63, 3.8) is 0 Å². The number of aldehydes is 1. The predicted octanol–water partition coefficient (Wildman–Crippen LogP) is 1.71. The average molecular weight is 320 g/mol. The Bertz CT molecular complexity index is 1040. The first-order chi connectivity index (χ1) is 11.6. The Morgan fingerprint density at radius 1 is 1.12 bits per heavy atom. The van der Waals surface area contributed by atoms with Gasteiger partial charge in [0.15, 0.2) is 6.29 Å². The number of fused-ring (bicyclic) bond motifs is 3. The normalized spacial score (nSPS) is 13.9. The lowest BCUT2D eigenvalue weighted by Gasteiger charge is -2.14. The summed E-state index contributed by atoms with van der Waals surface area (Å²) in [4.78, 5) is 24.2. The maximum absolute atomic E-state index is 13.7. The van der Waals surface area contributed by atoms with Gasteiger partial charge >= 0.3 is 0 Å². The van der Waals surface area contributed by atoms with Gasteiger partial charge in [0.25, 0.3) is 5.56 Å². The molecule has 2 aromatic heterocycles. The molecule has 0 amide bonds. The fourth-order valence-corrected chi connectivity index (χ4v) is 3.52. The third-order valence-electron chi connectivity index (χ3n) is 4.68. The Kier molecular flexibility index (Phi) is 3.41. The van der Waals surface area contributed by atoms with E-state index >= 15 is 0 Å². The van der Waals surface area contributed by atoms with Gasteiger partial charge in [-0.1, -0.05) is 5.46 Å². The number of nitrogens with zero attached hydrogens (tertiary/aromatic N) is 2. The molecule has 24 heavy (non-hydrogen) atoms. The van der Waals surface area contributed by atoms with E-state index in [0.717, 1.165) is 43.5 Å². The van der Waals surface area contributed by atoms with E-state index in [1.165, 1.54) is 10.1 Å². The summed E-state index contributed by atoms with van der Waals surface area (Å²) in [6, 6.07) is 4.13. The van der Waals surface area contributed by atoms with E-state index in [0.29, 0.717) is 11.8 Å². The van der Waals surface area contributed by atoms with E-state index in [9.17, 15) is 14.0 Å². The molecule has 4 nitrogen and oxygen atoms in total. The summed E-state index contributed by atoms with van der Waals surface area (Å²) in [6.45, 7) is 0. The minimum Gasteiger partial charge on any atom is -0.314 e. The van der Waals surface area contributed by atoms with Crippen LogP contribution in [0.3, 0.4) is 0 Å². The Labute approximate surface area is 138 Å². The number of hydrogen-bond donors (Lipinski definition) is 0. The van der Waals surface area contributed by atoms with Gasteiger partial charge in [0.05, 0.1) is 5.69 Å². The second-order valence-electron chi connectivity index (χ2n) is 6.10. The number of halogens is 1. The average Bonchev–Trinajstić information content (AvgIpc) is 2.94. The van der Waals surface area contributed by atoms with Crippen molar-refractivity contribution >= 4 is 25.1 Å². The smallest absolute Gasteiger partial charge is 0.279 e. The van der Waals surface area contributed by atoms with Crippen molar-refractivity contribution in [1.82, 2.24) is 8.97 Å². The maximum Gasteiger partial charge on any atom is 0.279 e. The van der Waals surface area contributed by atoms with E-state index < -0.39 is 5.82 Å². The van der Waals surface area contributed by atoms with E-state index in [2.05, 4.69) is 0 Å². The highest BCUT2D eigenvalue weighted by atomic mass is 19.1. The van der Waals surface area contributed by atoms with E-state index in [1.807, 2.05) is 10.5 Å². The number of rotatable bonds is 2. The molecular weight excluding hydrogens is 306 g/mol. The molecule has 1 aliphatic rings. The van der Waals surface area contributed by atoms with Crippen LogP contribution in [0.2, 0.25) is 0 Å². The molecule has 0 spiro atoms. The molecular formula is C18H14BFN2O2. The number of aryl methyl sites for hydroxylation is 2. The SMILES string of the molecule is [B]c1cc(F)cc(-n2ccn3c4c(cc3c2=O)CCCC4)c1C=O. The summed E-state index contributed by atoms with van der Waals surface area (Å²) >= 11 is 0. The van der Waals surface area contributed by atoms with Crippen LogP contribution in [0, 0.1) is 5.82 Å². The van der Waals surface area contributed by atoms with Crippen LogP contribution in [0.1, 0.15) is 34.5 Å². The number of benzene rings is 1. The Morgan fingerprint density at radius 3 is 2.71 bits per heavy atom. The summed E-state index contributed by atoms with van der Waals surface area (Å²) < 4.78 is 16.9. The molecule has 0 atom stereocenters. The molecule has 0 bridgehead atoms. The van der Waals surface area contributed by atoms with Gasteiger partial charge in [0.1, 0.15) is 19.2 Å². The van der Waals surface area contributed by atoms with Gasteiger partial charge in [0, 0.05) is 23.7 Å². The molecule has 3 aromatic rings. The van der Waals surface area contributed by atoms with Crippen LogP contribution in [0.4, 0.5) is 4.39 Å². The first-order valence-electron chi connectivity index (χ1n) is 7.89. The zero-order valence-corrected chi connectivity index (χ0v) is 13.0. The van der Waals surface area contributed by atoms with Crippen LogP contribution in [-0.4, -0.2) is 23.1 Å². The summed E-state index contributed by atoms with van der Waals surface area (Å²) in [5.41, 5.74) is 2.87. The maximum atomic E-state index is 13.7. The quantitative estimate of drug-likeness (QED) is 0.533. The minimum absolute atomic E-state index is 0.0152. The molecule has 0 aliphatic heterocycles. The third kappa shape index (κ3) is 2.13. The molecule has 2 radical (unpaired) electrons. The van der Waals surface area contributed by atoms with Crippen LogP contribution in [0.15, 0.2) is 35.4 Å². The van der Waals surface area contributed by atoms with Crippen LogP contribution in [0.25, 0.3) is 11.2 Å². The third-order valence-corrected chi connectivity index (χ3v) is 4.68. The molecule has 0 unspecified atom stereocenters.